The van der Waals surface area contributed by atoms with Crippen LogP contribution in [0.1, 0.15) is 25.7 Å². The monoisotopic (exact) mass is 281 g/mol. The highest BCUT2D eigenvalue weighted by Crippen LogP contribution is 2.23. The summed E-state index contributed by atoms with van der Waals surface area (Å²) >= 11 is 0. The van der Waals surface area contributed by atoms with E-state index in [9.17, 15) is 14.4 Å². The van der Waals surface area contributed by atoms with Crippen LogP contribution < -0.4 is 11.2 Å². The summed E-state index contributed by atoms with van der Waals surface area (Å²) in [6.07, 6.45) is 5.35. The van der Waals surface area contributed by atoms with Crippen molar-refractivity contribution in [3.63, 3.8) is 0 Å². The number of aromatic nitrogens is 2. The normalized spacial score (nSPS) is 15.4. The number of rotatable bonds is 5. The fourth-order valence-corrected chi connectivity index (χ4v) is 2.64. The van der Waals surface area contributed by atoms with E-state index in [-0.39, 0.29) is 31.6 Å². The molecule has 7 heteroatoms. The summed E-state index contributed by atoms with van der Waals surface area (Å²) in [7, 11) is 0. The van der Waals surface area contributed by atoms with Gasteiger partial charge in [-0.2, -0.15) is 0 Å². The number of carbonyl (C=O) groups is 1. The van der Waals surface area contributed by atoms with E-state index in [1.807, 2.05) is 0 Å². The fourth-order valence-electron chi connectivity index (χ4n) is 2.64. The summed E-state index contributed by atoms with van der Waals surface area (Å²) in [4.78, 5) is 38.6. The van der Waals surface area contributed by atoms with Gasteiger partial charge in [0.2, 0.25) is 5.91 Å². The summed E-state index contributed by atoms with van der Waals surface area (Å²) in [5.41, 5.74) is -1.08. The van der Waals surface area contributed by atoms with Crippen LogP contribution in [0.5, 0.6) is 0 Å². The molecule has 1 aromatic heterocycles. The Labute approximate surface area is 115 Å². The topological polar surface area (TPSA) is 95.4 Å². The van der Waals surface area contributed by atoms with Gasteiger partial charge in [-0.15, -0.1) is 0 Å². The maximum Gasteiger partial charge on any atom is 0.328 e. The number of aromatic amines is 1. The van der Waals surface area contributed by atoms with Crippen LogP contribution in [-0.2, 0) is 11.3 Å². The van der Waals surface area contributed by atoms with Gasteiger partial charge in [-0.05, 0) is 12.8 Å². The van der Waals surface area contributed by atoms with Crippen LogP contribution in [0, 0.1) is 0 Å². The average molecular weight is 281 g/mol. The molecule has 1 aliphatic carbocycles. The van der Waals surface area contributed by atoms with Crippen molar-refractivity contribution in [2.45, 2.75) is 38.3 Å². The number of aliphatic hydroxyl groups is 1. The van der Waals surface area contributed by atoms with Gasteiger partial charge in [0, 0.05) is 24.8 Å². The van der Waals surface area contributed by atoms with Crippen LogP contribution in [0.4, 0.5) is 0 Å². The molecular weight excluding hydrogens is 262 g/mol. The lowest BCUT2D eigenvalue weighted by Gasteiger charge is -2.28. The first kappa shape index (κ1) is 14.5. The lowest BCUT2D eigenvalue weighted by molar-refractivity contribution is -0.134. The Bertz CT molecular complexity index is 571. The molecule has 0 unspecified atom stereocenters. The lowest BCUT2D eigenvalue weighted by Crippen LogP contribution is -2.44. The molecule has 0 saturated heterocycles. The van der Waals surface area contributed by atoms with Gasteiger partial charge < -0.3 is 10.0 Å². The van der Waals surface area contributed by atoms with Gasteiger partial charge in [0.25, 0.3) is 5.56 Å². The number of nitrogens with one attached hydrogen (secondary N) is 1. The van der Waals surface area contributed by atoms with Crippen molar-refractivity contribution in [2.75, 3.05) is 13.2 Å². The number of H-pyrrole nitrogens is 1. The Hall–Kier alpha value is -1.89. The molecule has 1 heterocycles. The summed E-state index contributed by atoms with van der Waals surface area (Å²) < 4.78 is 1.17. The van der Waals surface area contributed by atoms with Crippen molar-refractivity contribution >= 4 is 5.91 Å². The third kappa shape index (κ3) is 3.36. The molecule has 1 fully saturated rings. The smallest absolute Gasteiger partial charge is 0.328 e. The zero-order valence-electron chi connectivity index (χ0n) is 11.2. The molecule has 20 heavy (non-hydrogen) atoms. The van der Waals surface area contributed by atoms with Crippen LogP contribution in [0.15, 0.2) is 21.9 Å². The minimum atomic E-state index is -0.596. The van der Waals surface area contributed by atoms with Gasteiger partial charge in [0.05, 0.1) is 6.61 Å². The molecule has 110 valence electrons. The van der Waals surface area contributed by atoms with Crippen molar-refractivity contribution < 1.29 is 9.90 Å². The molecule has 1 saturated carbocycles. The zero-order chi connectivity index (χ0) is 14.5. The highest BCUT2D eigenvalue weighted by Gasteiger charge is 2.26. The molecule has 0 spiro atoms. The molecule has 1 amide bonds. The molecule has 7 nitrogen and oxygen atoms in total. The summed E-state index contributed by atoms with van der Waals surface area (Å²) in [5.74, 6) is -0.208. The van der Waals surface area contributed by atoms with E-state index in [1.54, 1.807) is 4.90 Å². The highest BCUT2D eigenvalue weighted by molar-refractivity contribution is 5.76. The Kier molecular flexibility index (Phi) is 4.73. The average Bonchev–Trinajstić information content (AvgIpc) is 2.92. The third-order valence-corrected chi connectivity index (χ3v) is 3.63. The van der Waals surface area contributed by atoms with E-state index in [1.165, 1.54) is 16.8 Å². The first-order valence-corrected chi connectivity index (χ1v) is 6.82. The number of hydrogen-bond acceptors (Lipinski definition) is 4. The Morgan fingerprint density at radius 1 is 1.40 bits per heavy atom. The second-order valence-corrected chi connectivity index (χ2v) is 4.99. The number of carbonyl (C=O) groups excluding carboxylic acids is 1. The first-order valence-electron chi connectivity index (χ1n) is 6.82. The quantitative estimate of drug-likeness (QED) is 0.746. The van der Waals surface area contributed by atoms with E-state index in [2.05, 4.69) is 4.98 Å². The number of aliphatic hydroxyl groups excluding tert-OH is 1. The Morgan fingerprint density at radius 3 is 2.70 bits per heavy atom. The number of hydrogen-bond donors (Lipinski definition) is 2. The second kappa shape index (κ2) is 6.51. The molecule has 1 aromatic rings. The fraction of sp³-hybridized carbons (Fsp3) is 0.615. The number of nitrogens with zero attached hydrogens (tertiary/aromatic N) is 2. The molecule has 2 N–H and O–H groups in total. The minimum Gasteiger partial charge on any atom is -0.395 e. The van der Waals surface area contributed by atoms with Crippen molar-refractivity contribution in [2.24, 2.45) is 0 Å². The predicted molar refractivity (Wildman–Crippen MR) is 72.4 cm³/mol. The van der Waals surface area contributed by atoms with E-state index in [0.717, 1.165) is 25.7 Å². The van der Waals surface area contributed by atoms with Crippen molar-refractivity contribution in [3.05, 3.63) is 33.1 Å². The van der Waals surface area contributed by atoms with Crippen molar-refractivity contribution in [1.82, 2.24) is 14.5 Å². The Balaban J connectivity index is 2.11. The van der Waals surface area contributed by atoms with Crippen molar-refractivity contribution in [1.29, 1.82) is 0 Å². The molecule has 0 radical (unpaired) electrons. The highest BCUT2D eigenvalue weighted by atomic mass is 16.3. The Morgan fingerprint density at radius 2 is 2.10 bits per heavy atom. The van der Waals surface area contributed by atoms with Gasteiger partial charge >= 0.3 is 5.69 Å². The van der Waals surface area contributed by atoms with Gasteiger partial charge in [-0.3, -0.25) is 19.1 Å². The summed E-state index contributed by atoms with van der Waals surface area (Å²) in [6, 6.07) is 1.36. The van der Waals surface area contributed by atoms with Crippen molar-refractivity contribution in [3.8, 4) is 0 Å². The molecular formula is C13H19N3O4. The van der Waals surface area contributed by atoms with Gasteiger partial charge in [-0.1, -0.05) is 12.8 Å². The van der Waals surface area contributed by atoms with Crippen LogP contribution >= 0.6 is 0 Å². The summed E-state index contributed by atoms with van der Waals surface area (Å²) in [5, 5.41) is 9.09. The van der Waals surface area contributed by atoms with Gasteiger partial charge in [0.15, 0.2) is 0 Å². The molecule has 0 bridgehead atoms. The van der Waals surface area contributed by atoms with Crippen LogP contribution in [0.3, 0.4) is 0 Å². The van der Waals surface area contributed by atoms with Gasteiger partial charge in [0.1, 0.15) is 6.54 Å². The largest absolute Gasteiger partial charge is 0.395 e. The van der Waals surface area contributed by atoms with Gasteiger partial charge in [-0.25, -0.2) is 4.79 Å². The van der Waals surface area contributed by atoms with Crippen LogP contribution in [0.25, 0.3) is 0 Å². The maximum absolute atomic E-state index is 12.3. The molecule has 2 rings (SSSR count). The maximum atomic E-state index is 12.3. The van der Waals surface area contributed by atoms with E-state index in [0.29, 0.717) is 0 Å². The number of amides is 1. The third-order valence-electron chi connectivity index (χ3n) is 3.63. The molecule has 0 aliphatic heterocycles. The minimum absolute atomic E-state index is 0.0945. The SMILES string of the molecule is O=C(Cn1ccc(=O)[nH]c1=O)N(CCO)C1CCCC1. The lowest BCUT2D eigenvalue weighted by atomic mass is 10.2. The first-order chi connectivity index (χ1) is 9.61. The molecule has 0 aromatic carbocycles. The van der Waals surface area contributed by atoms with Crippen LogP contribution in [-0.4, -0.2) is 44.7 Å². The molecule has 1 aliphatic rings. The summed E-state index contributed by atoms with van der Waals surface area (Å²) in [6.45, 7) is 0.0660. The standard InChI is InChI=1S/C13H19N3O4/c17-8-7-16(10-3-1-2-4-10)12(19)9-15-6-5-11(18)14-13(15)20/h5-6,10,17H,1-4,7-9H2,(H,14,18,20). The van der Waals surface area contributed by atoms with E-state index in [4.69, 9.17) is 5.11 Å². The second-order valence-electron chi connectivity index (χ2n) is 4.99. The predicted octanol–water partition coefficient (Wildman–Crippen LogP) is -0.700. The molecule has 0 atom stereocenters. The van der Waals surface area contributed by atoms with E-state index >= 15 is 0 Å². The zero-order valence-corrected chi connectivity index (χ0v) is 11.2. The van der Waals surface area contributed by atoms with Crippen LogP contribution in [0.2, 0.25) is 0 Å². The van der Waals surface area contributed by atoms with E-state index < -0.39 is 11.2 Å².